The van der Waals surface area contributed by atoms with Crippen LogP contribution >= 0.6 is 0 Å². The van der Waals surface area contributed by atoms with Crippen molar-refractivity contribution in [1.29, 1.82) is 0 Å². The van der Waals surface area contributed by atoms with Gasteiger partial charge in [-0.25, -0.2) is 4.68 Å². The summed E-state index contributed by atoms with van der Waals surface area (Å²) in [4.78, 5) is 4.34. The lowest BCUT2D eigenvalue weighted by molar-refractivity contribution is -0.266. The van der Waals surface area contributed by atoms with Crippen LogP contribution in [0.1, 0.15) is 0 Å². The van der Waals surface area contributed by atoms with Gasteiger partial charge in [-0.2, -0.15) is 5.10 Å². The average Bonchev–Trinajstić information content (AvgIpc) is 3.01. The van der Waals surface area contributed by atoms with Crippen molar-refractivity contribution in [3.05, 3.63) is 85.1 Å². The fourth-order valence-electron chi connectivity index (χ4n) is 2.67. The number of nitrogens with zero attached hydrogens (tertiary/aromatic N) is 3. The molecule has 0 atom stereocenters. The van der Waals surface area contributed by atoms with E-state index in [-0.39, 0.29) is 5.75 Å². The van der Waals surface area contributed by atoms with Crippen molar-refractivity contribution in [2.75, 3.05) is 0 Å². The Morgan fingerprint density at radius 1 is 0.750 bits per heavy atom. The van der Waals surface area contributed by atoms with Crippen molar-refractivity contribution in [3.8, 4) is 34.1 Å². The van der Waals surface area contributed by atoms with E-state index in [1.54, 1.807) is 10.9 Å². The van der Waals surface area contributed by atoms with Crippen molar-refractivity contribution in [2.45, 2.75) is 0 Å². The summed E-state index contributed by atoms with van der Waals surface area (Å²) in [5.41, 5.74) is 3.15. The van der Waals surface area contributed by atoms with E-state index in [1.165, 1.54) is 0 Å². The standard InChI is InChI=1S/C20H15N3O/c24-20-18(15-9-3-1-4-10-15)22-23(16-11-5-2-6-12-16)19(20)17-13-7-8-14-21-17/h1-14,24H/p-1. The molecule has 2 heterocycles. The largest absolute Gasteiger partial charge is 0.869 e. The highest BCUT2D eigenvalue weighted by Crippen LogP contribution is 2.36. The van der Waals surface area contributed by atoms with Crippen LogP contribution in [-0.4, -0.2) is 14.8 Å². The summed E-state index contributed by atoms with van der Waals surface area (Å²) >= 11 is 0. The molecule has 0 saturated carbocycles. The second-order valence-electron chi connectivity index (χ2n) is 5.35. The Morgan fingerprint density at radius 3 is 2.08 bits per heavy atom. The maximum Gasteiger partial charge on any atom is 0.0881 e. The predicted octanol–water partition coefficient (Wildman–Crippen LogP) is 3.67. The summed E-state index contributed by atoms with van der Waals surface area (Å²) < 4.78 is 1.67. The topological polar surface area (TPSA) is 53.8 Å². The quantitative estimate of drug-likeness (QED) is 0.580. The van der Waals surface area contributed by atoms with Gasteiger partial charge in [0.2, 0.25) is 0 Å². The smallest absolute Gasteiger partial charge is 0.0881 e. The van der Waals surface area contributed by atoms with Gasteiger partial charge in [-0.3, -0.25) is 4.98 Å². The molecule has 4 aromatic rings. The summed E-state index contributed by atoms with van der Waals surface area (Å²) in [7, 11) is 0. The Labute approximate surface area is 139 Å². The molecule has 0 unspecified atom stereocenters. The van der Waals surface area contributed by atoms with Crippen molar-refractivity contribution in [3.63, 3.8) is 0 Å². The summed E-state index contributed by atoms with van der Waals surface area (Å²) in [6.45, 7) is 0. The maximum atomic E-state index is 13.0. The van der Waals surface area contributed by atoms with E-state index in [0.717, 1.165) is 11.3 Å². The summed E-state index contributed by atoms with van der Waals surface area (Å²) in [6.07, 6.45) is 1.68. The highest BCUT2D eigenvalue weighted by molar-refractivity contribution is 5.77. The molecule has 0 radical (unpaired) electrons. The molecule has 0 fully saturated rings. The van der Waals surface area contributed by atoms with Crippen LogP contribution in [0, 0.1) is 0 Å². The number of rotatable bonds is 3. The molecule has 116 valence electrons. The molecule has 0 bridgehead atoms. The van der Waals surface area contributed by atoms with Crippen LogP contribution in [0.5, 0.6) is 5.75 Å². The lowest BCUT2D eigenvalue weighted by Gasteiger charge is -2.11. The minimum Gasteiger partial charge on any atom is -0.869 e. The molecule has 0 saturated heterocycles. The molecule has 4 heteroatoms. The van der Waals surface area contributed by atoms with Crippen LogP contribution in [0.2, 0.25) is 0 Å². The molecule has 2 aromatic carbocycles. The van der Waals surface area contributed by atoms with E-state index in [9.17, 15) is 5.11 Å². The monoisotopic (exact) mass is 312 g/mol. The zero-order valence-corrected chi connectivity index (χ0v) is 12.8. The third kappa shape index (κ3) is 2.44. The minimum absolute atomic E-state index is 0.122. The molecule has 0 aliphatic heterocycles. The van der Waals surface area contributed by atoms with Crippen molar-refractivity contribution >= 4 is 0 Å². The SMILES string of the molecule is [O-]c1c(-c2ccccc2)nn(-c2ccccc2)c1-c1ccccn1. The van der Waals surface area contributed by atoms with Gasteiger partial charge in [0, 0.05) is 11.8 Å². The molecule has 0 spiro atoms. The van der Waals surface area contributed by atoms with Gasteiger partial charge in [0.25, 0.3) is 0 Å². The van der Waals surface area contributed by atoms with Crippen LogP contribution < -0.4 is 5.11 Å². The van der Waals surface area contributed by atoms with Gasteiger partial charge in [-0.05, 0) is 24.3 Å². The number of hydrogen-bond donors (Lipinski definition) is 0. The van der Waals surface area contributed by atoms with Crippen LogP contribution in [0.15, 0.2) is 85.1 Å². The number of para-hydroxylation sites is 1. The van der Waals surface area contributed by atoms with Crippen LogP contribution in [-0.2, 0) is 0 Å². The van der Waals surface area contributed by atoms with E-state index in [0.29, 0.717) is 17.1 Å². The van der Waals surface area contributed by atoms with Gasteiger partial charge in [0.05, 0.1) is 22.8 Å². The summed E-state index contributed by atoms with van der Waals surface area (Å²) in [6, 6.07) is 24.6. The number of benzene rings is 2. The zero-order chi connectivity index (χ0) is 16.4. The van der Waals surface area contributed by atoms with E-state index < -0.39 is 0 Å². The molecular formula is C20H14N3O-. The van der Waals surface area contributed by atoms with Gasteiger partial charge in [0.15, 0.2) is 0 Å². The number of pyridine rings is 1. The first-order valence-electron chi connectivity index (χ1n) is 7.67. The Balaban J connectivity index is 1.99. The normalized spacial score (nSPS) is 10.7. The average molecular weight is 312 g/mol. The van der Waals surface area contributed by atoms with Crippen molar-refractivity contribution < 1.29 is 5.11 Å². The van der Waals surface area contributed by atoms with E-state index in [4.69, 9.17) is 0 Å². The first kappa shape index (κ1) is 14.2. The molecule has 4 nitrogen and oxygen atoms in total. The van der Waals surface area contributed by atoms with Gasteiger partial charge in [-0.15, -0.1) is 0 Å². The van der Waals surface area contributed by atoms with E-state index in [1.807, 2.05) is 78.9 Å². The minimum atomic E-state index is -0.122. The van der Waals surface area contributed by atoms with Crippen LogP contribution in [0.3, 0.4) is 0 Å². The lowest BCUT2D eigenvalue weighted by Crippen LogP contribution is -2.01. The molecule has 0 aliphatic carbocycles. The molecule has 0 N–H and O–H groups in total. The Hall–Kier alpha value is -3.40. The molecule has 2 aromatic heterocycles. The fraction of sp³-hybridized carbons (Fsp3) is 0. The second-order valence-corrected chi connectivity index (χ2v) is 5.35. The molecule has 4 rings (SSSR count). The van der Waals surface area contributed by atoms with Crippen molar-refractivity contribution in [2.24, 2.45) is 0 Å². The Kier molecular flexibility index (Phi) is 3.56. The zero-order valence-electron chi connectivity index (χ0n) is 12.8. The van der Waals surface area contributed by atoms with Gasteiger partial charge < -0.3 is 5.11 Å². The molecular weight excluding hydrogens is 298 g/mol. The highest BCUT2D eigenvalue weighted by atomic mass is 16.3. The first-order chi connectivity index (χ1) is 11.8. The fourth-order valence-corrected chi connectivity index (χ4v) is 2.67. The Morgan fingerprint density at radius 2 is 1.42 bits per heavy atom. The van der Waals surface area contributed by atoms with Gasteiger partial charge in [-0.1, -0.05) is 60.3 Å². The molecule has 0 amide bonds. The molecule has 24 heavy (non-hydrogen) atoms. The highest BCUT2D eigenvalue weighted by Gasteiger charge is 2.16. The lowest BCUT2D eigenvalue weighted by atomic mass is 10.1. The van der Waals surface area contributed by atoms with E-state index in [2.05, 4.69) is 10.1 Å². The summed E-state index contributed by atoms with van der Waals surface area (Å²) in [5, 5.41) is 17.6. The summed E-state index contributed by atoms with van der Waals surface area (Å²) in [5.74, 6) is -0.122. The Bertz CT molecular complexity index is 948. The van der Waals surface area contributed by atoms with Crippen LogP contribution in [0.25, 0.3) is 28.3 Å². The van der Waals surface area contributed by atoms with Crippen LogP contribution in [0.4, 0.5) is 0 Å². The predicted molar refractivity (Wildman–Crippen MR) is 91.7 cm³/mol. The van der Waals surface area contributed by atoms with E-state index >= 15 is 0 Å². The van der Waals surface area contributed by atoms with Gasteiger partial charge in [0.1, 0.15) is 0 Å². The second kappa shape index (κ2) is 6.01. The third-order valence-electron chi connectivity index (χ3n) is 3.80. The number of hydrogen-bond acceptors (Lipinski definition) is 3. The van der Waals surface area contributed by atoms with Crippen molar-refractivity contribution in [1.82, 2.24) is 14.8 Å². The maximum absolute atomic E-state index is 13.0. The molecule has 0 aliphatic rings. The van der Waals surface area contributed by atoms with Gasteiger partial charge >= 0.3 is 0 Å². The third-order valence-corrected chi connectivity index (χ3v) is 3.80. The first-order valence-corrected chi connectivity index (χ1v) is 7.67. The number of aromatic nitrogens is 3.